The maximum atomic E-state index is 12.8. The van der Waals surface area contributed by atoms with Crippen LogP contribution in [-0.2, 0) is 0 Å². The Bertz CT molecular complexity index is 697. The number of hydrogen-bond donors (Lipinski definition) is 2. The zero-order chi connectivity index (χ0) is 13.8. The van der Waals surface area contributed by atoms with Crippen LogP contribution in [0.1, 0.15) is 18.7 Å². The topological polar surface area (TPSA) is 75.1 Å². The number of halogens is 3. The van der Waals surface area contributed by atoms with E-state index in [-0.39, 0.29) is 30.1 Å². The second-order valence-corrected chi connectivity index (χ2v) is 4.62. The van der Waals surface area contributed by atoms with Crippen molar-refractivity contribution in [3.63, 3.8) is 0 Å². The number of nitrogens with one attached hydrogen (secondary N) is 2. The lowest BCUT2D eigenvalue weighted by molar-refractivity contribution is -0.151. The third-order valence-corrected chi connectivity index (χ3v) is 3.23. The van der Waals surface area contributed by atoms with Crippen molar-refractivity contribution in [1.29, 1.82) is 0 Å². The number of hydrogen-bond acceptors (Lipinski definition) is 4. The summed E-state index contributed by atoms with van der Waals surface area (Å²) < 4.78 is 39.7. The van der Waals surface area contributed by atoms with Gasteiger partial charge in [-0.1, -0.05) is 0 Å². The van der Waals surface area contributed by atoms with E-state index in [1.54, 1.807) is 0 Å². The van der Waals surface area contributed by atoms with Gasteiger partial charge in [-0.2, -0.15) is 18.3 Å². The molecule has 0 unspecified atom stereocenters. The smallest absolute Gasteiger partial charge is 0.356 e. The molecule has 0 spiro atoms. The van der Waals surface area contributed by atoms with Gasteiger partial charge in [0, 0.05) is 6.07 Å². The lowest BCUT2D eigenvalue weighted by atomic mass is 10.2. The number of aryl methyl sites for hydroxylation is 1. The summed E-state index contributed by atoms with van der Waals surface area (Å²) in [5, 5.41) is 8.34. The van der Waals surface area contributed by atoms with E-state index in [1.807, 2.05) is 0 Å². The normalized spacial score (nSPS) is 17.7. The van der Waals surface area contributed by atoms with Gasteiger partial charge in [0.05, 0.1) is 0 Å². The Morgan fingerprint density at radius 1 is 1.47 bits per heavy atom. The SMILES string of the molecule is Cc1nc(NC2(C(F)(F)F)CC2)cc2n[nH]c(=O)n12. The van der Waals surface area contributed by atoms with Gasteiger partial charge in [-0.05, 0) is 19.8 Å². The summed E-state index contributed by atoms with van der Waals surface area (Å²) >= 11 is 0. The van der Waals surface area contributed by atoms with Crippen LogP contribution in [0.25, 0.3) is 5.65 Å². The number of alkyl halides is 3. The first-order valence-electron chi connectivity index (χ1n) is 5.62. The Balaban J connectivity index is 2.01. The largest absolute Gasteiger partial charge is 0.411 e. The molecule has 1 aliphatic carbocycles. The van der Waals surface area contributed by atoms with Crippen LogP contribution in [0.4, 0.5) is 19.0 Å². The highest BCUT2D eigenvalue weighted by Gasteiger charge is 2.63. The summed E-state index contributed by atoms with van der Waals surface area (Å²) in [4.78, 5) is 15.3. The Labute approximate surface area is 104 Å². The molecule has 3 rings (SSSR count). The minimum absolute atomic E-state index is 0.0236. The number of nitrogens with zero attached hydrogens (tertiary/aromatic N) is 3. The summed E-state index contributed by atoms with van der Waals surface area (Å²) in [6, 6.07) is 1.32. The van der Waals surface area contributed by atoms with E-state index < -0.39 is 17.4 Å². The van der Waals surface area contributed by atoms with Gasteiger partial charge in [0.2, 0.25) is 0 Å². The zero-order valence-electron chi connectivity index (χ0n) is 9.88. The van der Waals surface area contributed by atoms with Crippen LogP contribution in [0.15, 0.2) is 10.9 Å². The lowest BCUT2D eigenvalue weighted by Gasteiger charge is -2.21. The lowest BCUT2D eigenvalue weighted by Crippen LogP contribution is -2.39. The minimum atomic E-state index is -4.32. The molecule has 0 aromatic carbocycles. The maximum Gasteiger partial charge on any atom is 0.411 e. The Morgan fingerprint density at radius 3 is 2.74 bits per heavy atom. The molecular weight excluding hydrogens is 263 g/mol. The summed E-state index contributed by atoms with van der Waals surface area (Å²) in [6.45, 7) is 1.53. The van der Waals surface area contributed by atoms with Crippen LogP contribution in [0.2, 0.25) is 0 Å². The molecule has 1 aliphatic rings. The predicted molar refractivity (Wildman–Crippen MR) is 60.0 cm³/mol. The summed E-state index contributed by atoms with van der Waals surface area (Å²) in [7, 11) is 0. The van der Waals surface area contributed by atoms with Crippen molar-refractivity contribution in [2.24, 2.45) is 0 Å². The Kier molecular flexibility index (Phi) is 2.20. The molecule has 2 aromatic heterocycles. The van der Waals surface area contributed by atoms with Crippen molar-refractivity contribution < 1.29 is 13.2 Å². The Morgan fingerprint density at radius 2 is 2.16 bits per heavy atom. The number of H-pyrrole nitrogens is 1. The van der Waals surface area contributed by atoms with E-state index in [4.69, 9.17) is 0 Å². The van der Waals surface area contributed by atoms with Gasteiger partial charge in [0.15, 0.2) is 5.65 Å². The van der Waals surface area contributed by atoms with Gasteiger partial charge in [-0.25, -0.2) is 19.3 Å². The molecule has 9 heteroatoms. The molecule has 0 aliphatic heterocycles. The van der Waals surface area contributed by atoms with E-state index in [9.17, 15) is 18.0 Å². The third-order valence-electron chi connectivity index (χ3n) is 3.23. The fourth-order valence-corrected chi connectivity index (χ4v) is 2.01. The average Bonchev–Trinajstić information content (AvgIpc) is 2.97. The fourth-order valence-electron chi connectivity index (χ4n) is 2.01. The molecule has 1 fully saturated rings. The summed E-state index contributed by atoms with van der Waals surface area (Å²) in [5.41, 5.74) is -2.12. The third kappa shape index (κ3) is 1.76. The van der Waals surface area contributed by atoms with E-state index >= 15 is 0 Å². The van der Waals surface area contributed by atoms with Crippen molar-refractivity contribution in [2.75, 3.05) is 5.32 Å². The summed E-state index contributed by atoms with van der Waals surface area (Å²) in [5.74, 6) is 0.343. The molecule has 0 saturated heterocycles. The molecule has 102 valence electrons. The van der Waals surface area contributed by atoms with Crippen molar-refractivity contribution >= 4 is 11.5 Å². The number of aromatic amines is 1. The first-order chi connectivity index (χ1) is 8.82. The molecule has 0 radical (unpaired) electrons. The van der Waals surface area contributed by atoms with Crippen molar-refractivity contribution in [3.8, 4) is 0 Å². The van der Waals surface area contributed by atoms with Gasteiger partial charge < -0.3 is 5.32 Å². The highest BCUT2D eigenvalue weighted by Crippen LogP contribution is 2.50. The van der Waals surface area contributed by atoms with Crippen molar-refractivity contribution in [3.05, 3.63) is 22.4 Å². The number of anilines is 1. The molecule has 2 aromatic rings. The number of fused-ring (bicyclic) bond motifs is 1. The molecule has 0 atom stereocenters. The molecule has 2 heterocycles. The molecule has 6 nitrogen and oxygen atoms in total. The molecular formula is C10H10F3N5O. The van der Waals surface area contributed by atoms with Crippen LogP contribution >= 0.6 is 0 Å². The van der Waals surface area contributed by atoms with Crippen LogP contribution < -0.4 is 11.0 Å². The molecule has 0 bridgehead atoms. The van der Waals surface area contributed by atoms with Crippen LogP contribution in [0.5, 0.6) is 0 Å². The molecule has 2 N–H and O–H groups in total. The van der Waals surface area contributed by atoms with E-state index in [0.717, 1.165) is 0 Å². The van der Waals surface area contributed by atoms with E-state index in [0.29, 0.717) is 0 Å². The first kappa shape index (κ1) is 12.0. The Hall–Kier alpha value is -2.06. The average molecular weight is 273 g/mol. The second-order valence-electron chi connectivity index (χ2n) is 4.62. The zero-order valence-corrected chi connectivity index (χ0v) is 9.88. The van der Waals surface area contributed by atoms with Crippen LogP contribution in [0.3, 0.4) is 0 Å². The first-order valence-corrected chi connectivity index (χ1v) is 5.62. The van der Waals surface area contributed by atoms with Gasteiger partial charge in [-0.15, -0.1) is 0 Å². The highest BCUT2D eigenvalue weighted by atomic mass is 19.4. The predicted octanol–water partition coefficient (Wildman–Crippen LogP) is 1.23. The summed E-state index contributed by atoms with van der Waals surface area (Å²) in [6.07, 6.45) is -4.27. The number of rotatable bonds is 2. The van der Waals surface area contributed by atoms with Gasteiger partial charge >= 0.3 is 11.9 Å². The molecule has 0 amide bonds. The van der Waals surface area contributed by atoms with Crippen molar-refractivity contribution in [2.45, 2.75) is 31.5 Å². The number of aromatic nitrogens is 4. The van der Waals surface area contributed by atoms with Crippen molar-refractivity contribution in [1.82, 2.24) is 19.6 Å². The van der Waals surface area contributed by atoms with E-state index in [2.05, 4.69) is 20.5 Å². The van der Waals surface area contributed by atoms with Gasteiger partial charge in [0.1, 0.15) is 17.2 Å². The van der Waals surface area contributed by atoms with Gasteiger partial charge in [0.25, 0.3) is 0 Å². The maximum absolute atomic E-state index is 12.8. The van der Waals surface area contributed by atoms with Gasteiger partial charge in [-0.3, -0.25) is 0 Å². The minimum Gasteiger partial charge on any atom is -0.356 e. The van der Waals surface area contributed by atoms with Crippen LogP contribution in [0, 0.1) is 6.92 Å². The standard InChI is InChI=1S/C10H10F3N5O/c1-5-14-6(4-7-16-17-8(19)18(5)7)15-9(2-3-9)10(11,12)13/h4,15H,2-3H2,1H3,(H,17,19). The molecule has 19 heavy (non-hydrogen) atoms. The van der Waals surface area contributed by atoms with E-state index in [1.165, 1.54) is 17.4 Å². The quantitative estimate of drug-likeness (QED) is 0.863. The fraction of sp³-hybridized carbons (Fsp3) is 0.500. The second kappa shape index (κ2) is 3.49. The monoisotopic (exact) mass is 273 g/mol. The molecule has 1 saturated carbocycles. The highest BCUT2D eigenvalue weighted by molar-refractivity contribution is 5.52. The van der Waals surface area contributed by atoms with Crippen LogP contribution in [-0.4, -0.2) is 31.3 Å².